The first kappa shape index (κ1) is 22.4. The van der Waals surface area contributed by atoms with Gasteiger partial charge in [0.05, 0.1) is 0 Å². The van der Waals surface area contributed by atoms with Gasteiger partial charge in [-0.05, 0) is 0 Å². The van der Waals surface area contributed by atoms with Gasteiger partial charge in [0.1, 0.15) is 0 Å². The summed E-state index contributed by atoms with van der Waals surface area (Å²) in [4.78, 5) is 41.1. The predicted octanol–water partition coefficient (Wildman–Crippen LogP) is 1.85. The van der Waals surface area contributed by atoms with Crippen LogP contribution in [0.25, 0.3) is 11.1 Å². The van der Waals surface area contributed by atoms with Crippen molar-refractivity contribution in [2.45, 2.75) is 17.5 Å². The van der Waals surface area contributed by atoms with Crippen LogP contribution in [0.3, 0.4) is 0 Å². The van der Waals surface area contributed by atoms with Gasteiger partial charge in [-0.25, -0.2) is 0 Å². The molecule has 28 heavy (non-hydrogen) atoms. The zero-order valence-corrected chi connectivity index (χ0v) is 18.1. The first-order valence-electron chi connectivity index (χ1n) is 8.66. The Morgan fingerprint density at radius 1 is 1.00 bits per heavy atom. The SMILES string of the molecule is O=C(O)CCNC(=O)C(Cc1ccc(-c2ccccc2)cc1)[AsH]CP(=O)(O)O. The van der Waals surface area contributed by atoms with Crippen LogP contribution >= 0.6 is 7.60 Å². The minimum atomic E-state index is -4.17. The van der Waals surface area contributed by atoms with Crippen LogP contribution < -0.4 is 5.32 Å². The Kier molecular flexibility index (Phi) is 8.46. The molecule has 0 radical (unpaired) electrons. The molecule has 2 aromatic rings. The molecule has 2 rings (SSSR count). The van der Waals surface area contributed by atoms with Crippen LogP contribution in [0.15, 0.2) is 54.6 Å². The van der Waals surface area contributed by atoms with E-state index in [4.69, 9.17) is 14.9 Å². The predicted molar refractivity (Wildman–Crippen MR) is 109 cm³/mol. The normalized spacial score (nSPS) is 12.8. The monoisotopic (exact) mass is 467 g/mol. The fraction of sp³-hybridized carbons (Fsp3) is 0.263. The molecule has 0 saturated heterocycles. The molecule has 2 unspecified atom stereocenters. The third-order valence-electron chi connectivity index (χ3n) is 4.00. The molecule has 1 amide bonds. The van der Waals surface area contributed by atoms with Gasteiger partial charge >= 0.3 is 170 Å². The Labute approximate surface area is 170 Å². The van der Waals surface area contributed by atoms with Crippen molar-refractivity contribution in [2.75, 3.05) is 11.5 Å². The topological polar surface area (TPSA) is 124 Å². The van der Waals surface area contributed by atoms with Gasteiger partial charge < -0.3 is 0 Å². The first-order valence-corrected chi connectivity index (χ1v) is 13.2. The molecule has 150 valence electrons. The average molecular weight is 467 g/mol. The maximum atomic E-state index is 12.4. The van der Waals surface area contributed by atoms with Crippen LogP contribution in [0.2, 0.25) is 4.71 Å². The number of benzene rings is 2. The number of hydrogen-bond donors (Lipinski definition) is 4. The van der Waals surface area contributed by atoms with Gasteiger partial charge in [0, 0.05) is 0 Å². The summed E-state index contributed by atoms with van der Waals surface area (Å²) in [6.07, 6.45) is 0.177. The van der Waals surface area contributed by atoms with Crippen LogP contribution in [0, 0.1) is 0 Å². The molecule has 0 saturated carbocycles. The van der Waals surface area contributed by atoms with Gasteiger partial charge in [-0.15, -0.1) is 0 Å². The minimum absolute atomic E-state index is 0.000315. The van der Waals surface area contributed by atoms with Crippen molar-refractivity contribution >= 4 is 35.2 Å². The van der Waals surface area contributed by atoms with E-state index in [0.29, 0.717) is 6.42 Å². The molecule has 0 spiro atoms. The second kappa shape index (κ2) is 10.6. The number of aliphatic carboxylic acids is 1. The van der Waals surface area contributed by atoms with Gasteiger partial charge in [-0.3, -0.25) is 0 Å². The van der Waals surface area contributed by atoms with Crippen LogP contribution in [0.5, 0.6) is 0 Å². The van der Waals surface area contributed by atoms with E-state index < -0.39 is 34.0 Å². The summed E-state index contributed by atoms with van der Waals surface area (Å²) in [6, 6.07) is 17.6. The summed E-state index contributed by atoms with van der Waals surface area (Å²) in [5, 5.41) is 11.3. The summed E-state index contributed by atoms with van der Waals surface area (Å²) in [5.74, 6) is -1.36. The number of carboxylic acids is 1. The van der Waals surface area contributed by atoms with E-state index in [1.54, 1.807) is 0 Å². The summed E-state index contributed by atoms with van der Waals surface area (Å²) < 4.78 is 10.7. The number of hydrogen-bond acceptors (Lipinski definition) is 3. The Morgan fingerprint density at radius 3 is 2.18 bits per heavy atom. The molecule has 0 heterocycles. The molecule has 0 aliphatic heterocycles. The summed E-state index contributed by atoms with van der Waals surface area (Å²) in [6.45, 7) is -0.000315. The molecule has 0 aromatic heterocycles. The Bertz CT molecular complexity index is 837. The number of carbonyl (C=O) groups excluding carboxylic acids is 1. The molecule has 0 bridgehead atoms. The third-order valence-corrected chi connectivity index (χ3v) is 10.3. The molecule has 2 atom stereocenters. The summed E-state index contributed by atoms with van der Waals surface area (Å²) in [7, 11) is -4.17. The van der Waals surface area contributed by atoms with Crippen molar-refractivity contribution in [3.63, 3.8) is 0 Å². The average Bonchev–Trinajstić information content (AvgIpc) is 2.65. The molecule has 4 N–H and O–H groups in total. The molecule has 0 aliphatic rings. The van der Waals surface area contributed by atoms with Gasteiger partial charge in [0.25, 0.3) is 0 Å². The number of carbonyl (C=O) groups is 2. The fourth-order valence-electron chi connectivity index (χ4n) is 2.60. The van der Waals surface area contributed by atoms with Crippen molar-refractivity contribution in [3.05, 3.63) is 60.2 Å². The number of carboxylic acid groups (broad SMARTS) is 1. The fourth-order valence-corrected chi connectivity index (χ4v) is 7.34. The molecule has 0 aliphatic carbocycles. The van der Waals surface area contributed by atoms with E-state index in [1.165, 1.54) is 0 Å². The van der Waals surface area contributed by atoms with Crippen molar-refractivity contribution in [1.82, 2.24) is 5.32 Å². The van der Waals surface area contributed by atoms with E-state index in [-0.39, 0.29) is 23.8 Å². The van der Waals surface area contributed by atoms with Crippen molar-refractivity contribution in [1.29, 1.82) is 0 Å². The summed E-state index contributed by atoms with van der Waals surface area (Å²) >= 11 is -1.26. The number of amides is 1. The zero-order valence-electron chi connectivity index (χ0n) is 15.1. The Morgan fingerprint density at radius 2 is 1.61 bits per heavy atom. The quantitative estimate of drug-likeness (QED) is 0.313. The maximum absolute atomic E-state index is 12.4. The van der Waals surface area contributed by atoms with Crippen molar-refractivity contribution < 1.29 is 29.0 Å². The molecule has 0 fully saturated rings. The van der Waals surface area contributed by atoms with Crippen LogP contribution in [0.1, 0.15) is 12.0 Å². The molecular weight excluding hydrogens is 444 g/mol. The van der Waals surface area contributed by atoms with Gasteiger partial charge in [-0.2, -0.15) is 0 Å². The van der Waals surface area contributed by atoms with E-state index in [2.05, 4.69) is 5.32 Å². The zero-order chi connectivity index (χ0) is 20.6. The Balaban J connectivity index is 2.06. The number of nitrogens with one attached hydrogen (secondary N) is 1. The van der Waals surface area contributed by atoms with Crippen molar-refractivity contribution in [2.24, 2.45) is 0 Å². The standard InChI is InChI=1S/C19H23AsNO6P/c22-18(23)10-11-21-19(24)17(20-13-28(25,26)27)12-14-6-8-16(9-7-14)15-4-2-1-3-5-15/h1-9,17,20H,10-13H2,(H,21,24)(H,22,23)(H2,25,26,27). The van der Waals surface area contributed by atoms with E-state index in [0.717, 1.165) is 16.7 Å². The van der Waals surface area contributed by atoms with E-state index in [1.807, 2.05) is 54.6 Å². The second-order valence-corrected chi connectivity index (χ2v) is 12.2. The van der Waals surface area contributed by atoms with Gasteiger partial charge in [0.15, 0.2) is 0 Å². The molecular formula is C19H23AsNO6P. The van der Waals surface area contributed by atoms with Crippen LogP contribution in [-0.4, -0.2) is 54.0 Å². The molecule has 9 heteroatoms. The van der Waals surface area contributed by atoms with Crippen LogP contribution in [0.4, 0.5) is 0 Å². The van der Waals surface area contributed by atoms with Gasteiger partial charge in [-0.1, -0.05) is 0 Å². The van der Waals surface area contributed by atoms with E-state index >= 15 is 0 Å². The number of rotatable bonds is 10. The molecule has 2 aromatic carbocycles. The Hall–Kier alpha value is -1.91. The molecule has 7 nitrogen and oxygen atoms in total. The third kappa shape index (κ3) is 7.99. The second-order valence-electron chi connectivity index (χ2n) is 6.28. The van der Waals surface area contributed by atoms with Crippen LogP contribution in [-0.2, 0) is 20.6 Å². The first-order chi connectivity index (χ1) is 13.2. The summed E-state index contributed by atoms with van der Waals surface area (Å²) in [5.41, 5.74) is 3.01. The van der Waals surface area contributed by atoms with Gasteiger partial charge in [0.2, 0.25) is 0 Å². The van der Waals surface area contributed by atoms with E-state index in [9.17, 15) is 14.2 Å². The van der Waals surface area contributed by atoms with Crippen molar-refractivity contribution in [3.8, 4) is 11.1 Å².